The number of Topliss-reactive ketones (excluding diaryl/α,β-unsaturated/α-hetero) is 1. The first kappa shape index (κ1) is 34.4. The van der Waals surface area contributed by atoms with E-state index in [1.165, 1.54) is 11.1 Å². The fraction of sp³-hybridized carbons (Fsp3) is 0.545. The van der Waals surface area contributed by atoms with Crippen molar-refractivity contribution in [3.63, 3.8) is 0 Å². The Bertz CT molecular complexity index is 1330. The smallest absolute Gasteiger partial charge is 0.290 e. The third-order valence-electron chi connectivity index (χ3n) is 8.59. The minimum Gasteiger partial charge on any atom is -0.483 e. The number of carboxylic acid groups (broad SMARTS) is 1. The van der Waals surface area contributed by atoms with Crippen LogP contribution in [0, 0.1) is 18.8 Å². The van der Waals surface area contributed by atoms with E-state index in [1.54, 1.807) is 24.3 Å². The zero-order chi connectivity index (χ0) is 31.6. The Balaban J connectivity index is 0.00000162. The van der Waals surface area contributed by atoms with Crippen LogP contribution in [0.25, 0.3) is 0 Å². The van der Waals surface area contributed by atoms with Gasteiger partial charge in [-0.05, 0) is 93.7 Å². The van der Waals surface area contributed by atoms with Crippen molar-refractivity contribution in [2.45, 2.75) is 83.1 Å². The summed E-state index contributed by atoms with van der Waals surface area (Å²) in [4.78, 5) is 36.5. The predicted octanol–water partition coefficient (Wildman–Crippen LogP) is 4.45. The van der Waals surface area contributed by atoms with Gasteiger partial charge >= 0.3 is 0 Å². The van der Waals surface area contributed by atoms with Crippen LogP contribution in [0.3, 0.4) is 0 Å². The maximum atomic E-state index is 13.5. The van der Waals surface area contributed by atoms with Gasteiger partial charge in [-0.3, -0.25) is 14.4 Å². The van der Waals surface area contributed by atoms with Crippen molar-refractivity contribution in [2.75, 3.05) is 26.2 Å². The Hall–Kier alpha value is -3.08. The van der Waals surface area contributed by atoms with Crippen LogP contribution in [0.1, 0.15) is 79.4 Å². The minimum atomic E-state index is -3.93. The lowest BCUT2D eigenvalue weighted by Crippen LogP contribution is -2.46. The number of ketones is 1. The predicted molar refractivity (Wildman–Crippen MR) is 167 cm³/mol. The topological polar surface area (TPSA) is 138 Å². The number of nitrogens with zero attached hydrogens (tertiary/aromatic N) is 2. The zero-order valence-electron chi connectivity index (χ0n) is 25.7. The Morgan fingerprint density at radius 1 is 1.02 bits per heavy atom. The van der Waals surface area contributed by atoms with Gasteiger partial charge < -0.3 is 15.7 Å². The zero-order valence-corrected chi connectivity index (χ0v) is 26.5. The molecule has 43 heavy (non-hydrogen) atoms. The molecule has 0 atom stereocenters. The quantitative estimate of drug-likeness (QED) is 0.296. The van der Waals surface area contributed by atoms with E-state index in [-0.39, 0.29) is 42.1 Å². The number of carbonyl (C=O) groups excluding carboxylic acids is 2. The van der Waals surface area contributed by atoms with Crippen molar-refractivity contribution in [2.24, 2.45) is 17.6 Å². The monoisotopic (exact) mass is 613 g/mol. The van der Waals surface area contributed by atoms with Gasteiger partial charge in [-0.15, -0.1) is 0 Å². The first-order chi connectivity index (χ1) is 20.5. The third kappa shape index (κ3) is 9.20. The summed E-state index contributed by atoms with van der Waals surface area (Å²) in [5.41, 5.74) is 10.1. The van der Waals surface area contributed by atoms with Gasteiger partial charge in [0.1, 0.15) is 0 Å². The van der Waals surface area contributed by atoms with Crippen molar-refractivity contribution < 1.29 is 27.9 Å². The molecule has 1 heterocycles. The van der Waals surface area contributed by atoms with Crippen LogP contribution in [-0.4, -0.2) is 73.1 Å². The van der Waals surface area contributed by atoms with E-state index in [9.17, 15) is 18.0 Å². The van der Waals surface area contributed by atoms with Gasteiger partial charge in [0.2, 0.25) is 5.91 Å². The van der Waals surface area contributed by atoms with Gasteiger partial charge in [0.25, 0.3) is 16.5 Å². The number of benzene rings is 2. The average Bonchev–Trinajstić information content (AvgIpc) is 3.19. The maximum Gasteiger partial charge on any atom is 0.290 e. The van der Waals surface area contributed by atoms with Crippen molar-refractivity contribution in [3.8, 4) is 0 Å². The molecule has 0 unspecified atom stereocenters. The fourth-order valence-electron chi connectivity index (χ4n) is 6.11. The molecule has 3 N–H and O–H groups in total. The maximum absolute atomic E-state index is 13.5. The molecule has 0 spiro atoms. The number of hydrogen-bond acceptors (Lipinski definition) is 7. The fourth-order valence-corrected chi connectivity index (χ4v) is 7.78. The molecule has 2 aromatic carbocycles. The normalized spacial score (nSPS) is 19.0. The summed E-state index contributed by atoms with van der Waals surface area (Å²) in [7, 11) is -3.93. The first-order valence-corrected chi connectivity index (χ1v) is 16.8. The van der Waals surface area contributed by atoms with Gasteiger partial charge in [0.15, 0.2) is 5.78 Å². The first-order valence-electron chi connectivity index (χ1n) is 15.3. The molecule has 4 rings (SSSR count). The molecule has 0 bridgehead atoms. The highest BCUT2D eigenvalue weighted by molar-refractivity contribution is 7.89. The molecule has 236 valence electrons. The highest BCUT2D eigenvalue weighted by Gasteiger charge is 2.37. The van der Waals surface area contributed by atoms with E-state index < -0.39 is 15.9 Å². The highest BCUT2D eigenvalue weighted by Crippen LogP contribution is 2.33. The molecule has 2 aliphatic rings. The Morgan fingerprint density at radius 3 is 2.21 bits per heavy atom. The van der Waals surface area contributed by atoms with Crippen LogP contribution in [0.5, 0.6) is 0 Å². The summed E-state index contributed by atoms with van der Waals surface area (Å²) in [6.07, 6.45) is 6.24. The third-order valence-corrected chi connectivity index (χ3v) is 10.5. The standard InChI is InChI=1S/C32H45N3O4S.CH2O2/c1-23(2)32(37)28-9-8-26-16-20-34(21-17-27(26)22-28)19-15-25-6-10-29(11-7-25)35(31(36)14-18-33)40(38,39)30-12-4-24(3)5-13-30;2-1-3/h4-5,8-9,12-13,22-23,25,29H,6-7,10-11,14-21,33H2,1-3H3;1H,(H,2,3)/t25-,29-;. The van der Waals surface area contributed by atoms with Crippen molar-refractivity contribution >= 4 is 28.2 Å². The summed E-state index contributed by atoms with van der Waals surface area (Å²) in [6.45, 7) is 8.68. The van der Waals surface area contributed by atoms with E-state index in [4.69, 9.17) is 15.6 Å². The SMILES string of the molecule is Cc1ccc(S(=O)(=O)N(C(=O)CCN)[C@H]2CC[C@H](CCN3CCc4ccc(C(=O)C(C)C)cc4CC3)CC2)cc1.O=CO. The van der Waals surface area contributed by atoms with Gasteiger partial charge in [0, 0.05) is 43.6 Å². The van der Waals surface area contributed by atoms with Gasteiger partial charge in [0.05, 0.1) is 4.90 Å². The van der Waals surface area contributed by atoms with Gasteiger partial charge in [-0.1, -0.05) is 43.7 Å². The number of sulfonamides is 1. The molecule has 1 saturated carbocycles. The van der Waals surface area contributed by atoms with Crippen LogP contribution in [-0.2, 0) is 32.5 Å². The summed E-state index contributed by atoms with van der Waals surface area (Å²) in [6, 6.07) is 12.6. The number of rotatable bonds is 10. The average molecular weight is 614 g/mol. The van der Waals surface area contributed by atoms with Crippen LogP contribution in [0.2, 0.25) is 0 Å². The minimum absolute atomic E-state index is 0.00370. The Morgan fingerprint density at radius 2 is 1.63 bits per heavy atom. The van der Waals surface area contributed by atoms with E-state index >= 15 is 0 Å². The number of hydrogen-bond donors (Lipinski definition) is 2. The van der Waals surface area contributed by atoms with Crippen LogP contribution in [0.4, 0.5) is 0 Å². The van der Waals surface area contributed by atoms with Crippen LogP contribution in [0.15, 0.2) is 47.4 Å². The number of nitrogens with two attached hydrogens (primary N) is 1. The lowest BCUT2D eigenvalue weighted by molar-refractivity contribution is -0.128. The van der Waals surface area contributed by atoms with E-state index in [1.807, 2.05) is 26.8 Å². The van der Waals surface area contributed by atoms with Crippen LogP contribution < -0.4 is 5.73 Å². The Labute approximate surface area is 256 Å². The molecule has 10 heteroatoms. The van der Waals surface area contributed by atoms with Crippen LogP contribution >= 0.6 is 0 Å². The molecular formula is C33H47N3O6S. The molecule has 1 aliphatic heterocycles. The second kappa shape index (κ2) is 16.1. The summed E-state index contributed by atoms with van der Waals surface area (Å²) in [5, 5.41) is 6.89. The molecule has 1 aliphatic carbocycles. The summed E-state index contributed by atoms with van der Waals surface area (Å²) >= 11 is 0. The number of carbonyl (C=O) groups is 3. The van der Waals surface area contributed by atoms with Gasteiger partial charge in [-0.2, -0.15) is 0 Å². The lowest BCUT2D eigenvalue weighted by atomic mass is 9.84. The van der Waals surface area contributed by atoms with Crippen molar-refractivity contribution in [1.82, 2.24) is 9.21 Å². The number of aryl methyl sites for hydroxylation is 1. The second-order valence-corrected chi connectivity index (χ2v) is 13.8. The molecule has 1 fully saturated rings. The molecular weight excluding hydrogens is 566 g/mol. The van der Waals surface area contributed by atoms with Gasteiger partial charge in [-0.25, -0.2) is 12.7 Å². The highest BCUT2D eigenvalue weighted by atomic mass is 32.2. The number of fused-ring (bicyclic) bond motifs is 1. The molecule has 1 amide bonds. The van der Waals surface area contributed by atoms with E-state index in [2.05, 4.69) is 17.0 Å². The molecule has 9 nitrogen and oxygen atoms in total. The molecule has 0 aromatic heterocycles. The summed E-state index contributed by atoms with van der Waals surface area (Å²) in [5.74, 6) is 0.318. The van der Waals surface area contributed by atoms with Crippen molar-refractivity contribution in [3.05, 3.63) is 64.7 Å². The number of amides is 1. The molecule has 0 saturated heterocycles. The second-order valence-electron chi connectivity index (χ2n) is 12.0. The van der Waals surface area contributed by atoms with E-state index in [0.29, 0.717) is 18.8 Å². The largest absolute Gasteiger partial charge is 0.483 e. The Kier molecular flexibility index (Phi) is 12.9. The molecule has 0 radical (unpaired) electrons. The van der Waals surface area contributed by atoms with Crippen molar-refractivity contribution in [1.29, 1.82) is 0 Å². The molecule has 2 aromatic rings. The summed E-state index contributed by atoms with van der Waals surface area (Å²) < 4.78 is 28.2. The van der Waals surface area contributed by atoms with E-state index in [0.717, 1.165) is 67.2 Å². The lowest BCUT2D eigenvalue weighted by Gasteiger charge is -2.36.